The lowest BCUT2D eigenvalue weighted by Gasteiger charge is -2.21. The summed E-state index contributed by atoms with van der Waals surface area (Å²) in [5, 5.41) is 8.29. The Morgan fingerprint density at radius 1 is 1.33 bits per heavy atom. The summed E-state index contributed by atoms with van der Waals surface area (Å²) in [6.45, 7) is 3.79. The summed E-state index contributed by atoms with van der Waals surface area (Å²) in [4.78, 5) is 8.38. The first-order chi connectivity index (χ1) is 12.9. The van der Waals surface area contributed by atoms with Gasteiger partial charge in [-0.3, -0.25) is 0 Å². The van der Waals surface area contributed by atoms with Crippen molar-refractivity contribution < 1.29 is 22.2 Å². The zero-order valence-corrected chi connectivity index (χ0v) is 15.9. The van der Waals surface area contributed by atoms with Crippen LogP contribution in [0.1, 0.15) is 36.8 Å². The summed E-state index contributed by atoms with van der Waals surface area (Å²) in [6, 6.07) is 0.952. The van der Waals surface area contributed by atoms with Gasteiger partial charge in [0, 0.05) is 20.1 Å². The number of methoxy groups -OCH3 is 1. The first kappa shape index (κ1) is 18.0. The first-order valence-corrected chi connectivity index (χ1v) is 9.97. The molecule has 0 spiro atoms. The highest BCUT2D eigenvalue weighted by Gasteiger charge is 2.44. The third-order valence-corrected chi connectivity index (χ3v) is 6.54. The van der Waals surface area contributed by atoms with Crippen LogP contribution in [0.2, 0.25) is 0 Å². The van der Waals surface area contributed by atoms with E-state index in [0.29, 0.717) is 35.5 Å². The Bertz CT molecular complexity index is 1080. The molecule has 144 valence electrons. The van der Waals surface area contributed by atoms with Crippen molar-refractivity contribution in [2.45, 2.75) is 43.7 Å². The molecule has 0 radical (unpaired) electrons. The quantitative estimate of drug-likeness (QED) is 0.636. The fourth-order valence-corrected chi connectivity index (χ4v) is 4.87. The SMILES string of the molecule is CCc1noc2ncc(S(=O)(=O)N3C[C@@H](OC)C[C@@H]3c3nc(C)no3)cc12. The lowest BCUT2D eigenvalue weighted by atomic mass is 10.2. The van der Waals surface area contributed by atoms with Gasteiger partial charge < -0.3 is 13.8 Å². The normalized spacial score (nSPS) is 21.3. The molecule has 0 N–H and O–H groups in total. The number of ether oxygens (including phenoxy) is 1. The van der Waals surface area contributed by atoms with Crippen LogP contribution in [-0.2, 0) is 21.2 Å². The van der Waals surface area contributed by atoms with Crippen molar-refractivity contribution in [3.63, 3.8) is 0 Å². The molecular weight excluding hydrogens is 374 g/mol. The topological polar surface area (TPSA) is 124 Å². The van der Waals surface area contributed by atoms with E-state index in [1.54, 1.807) is 20.1 Å². The van der Waals surface area contributed by atoms with Gasteiger partial charge in [0.15, 0.2) is 5.82 Å². The van der Waals surface area contributed by atoms with Gasteiger partial charge in [0.1, 0.15) is 10.9 Å². The zero-order chi connectivity index (χ0) is 19.2. The molecular formula is C16H19N5O5S. The van der Waals surface area contributed by atoms with Gasteiger partial charge in [-0.25, -0.2) is 13.4 Å². The van der Waals surface area contributed by atoms with Crippen molar-refractivity contribution in [1.29, 1.82) is 0 Å². The van der Waals surface area contributed by atoms with Gasteiger partial charge in [0.05, 0.1) is 23.4 Å². The minimum absolute atomic E-state index is 0.0610. The van der Waals surface area contributed by atoms with Crippen molar-refractivity contribution in [2.24, 2.45) is 0 Å². The molecule has 1 fully saturated rings. The Kier molecular flexibility index (Phi) is 4.44. The minimum atomic E-state index is -3.87. The number of aryl methyl sites for hydroxylation is 2. The van der Waals surface area contributed by atoms with Crippen LogP contribution < -0.4 is 0 Å². The van der Waals surface area contributed by atoms with Gasteiger partial charge >= 0.3 is 0 Å². The summed E-state index contributed by atoms with van der Waals surface area (Å²) < 4.78 is 43.8. The third kappa shape index (κ3) is 3.01. The highest BCUT2D eigenvalue weighted by Crippen LogP contribution is 2.37. The Morgan fingerprint density at radius 3 is 2.81 bits per heavy atom. The maximum atomic E-state index is 13.3. The van der Waals surface area contributed by atoms with Gasteiger partial charge in [0.25, 0.3) is 5.71 Å². The van der Waals surface area contributed by atoms with E-state index in [1.807, 2.05) is 6.92 Å². The van der Waals surface area contributed by atoms with Crippen molar-refractivity contribution in [2.75, 3.05) is 13.7 Å². The summed E-state index contributed by atoms with van der Waals surface area (Å²) >= 11 is 0. The molecule has 3 aromatic rings. The Hall–Kier alpha value is -2.37. The van der Waals surface area contributed by atoms with Crippen LogP contribution in [0.5, 0.6) is 0 Å². The lowest BCUT2D eigenvalue weighted by Crippen LogP contribution is -2.32. The second-order valence-electron chi connectivity index (χ2n) is 6.37. The summed E-state index contributed by atoms with van der Waals surface area (Å²) in [7, 11) is -2.32. The average molecular weight is 393 g/mol. The fraction of sp³-hybridized carbons (Fsp3) is 0.500. The zero-order valence-electron chi connectivity index (χ0n) is 15.1. The van der Waals surface area contributed by atoms with Crippen LogP contribution in [0.4, 0.5) is 0 Å². The second kappa shape index (κ2) is 6.66. The van der Waals surface area contributed by atoms with Crippen LogP contribution >= 0.6 is 0 Å². The van der Waals surface area contributed by atoms with E-state index in [2.05, 4.69) is 20.3 Å². The summed E-state index contributed by atoms with van der Waals surface area (Å²) in [5.41, 5.74) is 0.973. The highest BCUT2D eigenvalue weighted by molar-refractivity contribution is 7.89. The van der Waals surface area contributed by atoms with Gasteiger partial charge in [-0.2, -0.15) is 9.29 Å². The third-order valence-electron chi connectivity index (χ3n) is 4.70. The molecule has 0 bridgehead atoms. The molecule has 1 aliphatic heterocycles. The van der Waals surface area contributed by atoms with E-state index < -0.39 is 16.1 Å². The number of nitrogens with zero attached hydrogens (tertiary/aromatic N) is 5. The Balaban J connectivity index is 1.77. The lowest BCUT2D eigenvalue weighted by molar-refractivity contribution is 0.114. The summed E-state index contributed by atoms with van der Waals surface area (Å²) in [6.07, 6.45) is 2.05. The molecule has 0 unspecified atom stereocenters. The molecule has 10 nitrogen and oxygen atoms in total. The van der Waals surface area contributed by atoms with Crippen molar-refractivity contribution >= 4 is 21.1 Å². The van der Waals surface area contributed by atoms with Crippen LogP contribution in [0.25, 0.3) is 11.1 Å². The molecule has 4 rings (SSSR count). The Morgan fingerprint density at radius 2 is 2.15 bits per heavy atom. The smallest absolute Gasteiger partial charge is 0.258 e. The van der Waals surface area contributed by atoms with Crippen LogP contribution in [0.3, 0.4) is 0 Å². The molecule has 2 atom stereocenters. The molecule has 0 aromatic carbocycles. The number of pyridine rings is 1. The number of aromatic nitrogens is 4. The predicted molar refractivity (Wildman–Crippen MR) is 92.3 cm³/mol. The van der Waals surface area contributed by atoms with Gasteiger partial charge in [-0.15, -0.1) is 0 Å². The van der Waals surface area contributed by atoms with E-state index in [9.17, 15) is 8.42 Å². The molecule has 0 saturated carbocycles. The molecule has 27 heavy (non-hydrogen) atoms. The van der Waals surface area contributed by atoms with Crippen molar-refractivity contribution in [3.8, 4) is 0 Å². The predicted octanol–water partition coefficient (Wildman–Crippen LogP) is 1.63. The summed E-state index contributed by atoms with van der Waals surface area (Å²) in [5.74, 6) is 0.701. The molecule has 4 heterocycles. The van der Waals surface area contributed by atoms with E-state index in [1.165, 1.54) is 10.5 Å². The van der Waals surface area contributed by atoms with E-state index in [-0.39, 0.29) is 23.4 Å². The van der Waals surface area contributed by atoms with Crippen molar-refractivity contribution in [3.05, 3.63) is 29.7 Å². The molecule has 1 aliphatic rings. The maximum Gasteiger partial charge on any atom is 0.258 e. The van der Waals surface area contributed by atoms with Gasteiger partial charge in [-0.05, 0) is 19.4 Å². The first-order valence-electron chi connectivity index (χ1n) is 8.53. The maximum absolute atomic E-state index is 13.3. The number of rotatable bonds is 5. The number of fused-ring (bicyclic) bond motifs is 1. The van der Waals surface area contributed by atoms with Crippen LogP contribution in [0.15, 0.2) is 26.2 Å². The van der Waals surface area contributed by atoms with Crippen LogP contribution in [0, 0.1) is 6.92 Å². The van der Waals surface area contributed by atoms with E-state index in [4.69, 9.17) is 13.8 Å². The Labute approximate surface area is 155 Å². The highest BCUT2D eigenvalue weighted by atomic mass is 32.2. The largest absolute Gasteiger partial charge is 0.380 e. The number of sulfonamides is 1. The second-order valence-corrected chi connectivity index (χ2v) is 8.26. The number of hydrogen-bond acceptors (Lipinski definition) is 9. The monoisotopic (exact) mass is 393 g/mol. The van der Waals surface area contributed by atoms with Gasteiger partial charge in [0.2, 0.25) is 15.9 Å². The number of hydrogen-bond donors (Lipinski definition) is 0. The van der Waals surface area contributed by atoms with E-state index in [0.717, 1.165) is 0 Å². The standard InChI is InChI=1S/C16H19N5O5S/c1-4-13-12-6-11(7-17-15(12)25-20-13)27(22,23)21-8-10(24-3)5-14(21)16-18-9(2)19-26-16/h6-7,10,14H,4-5,8H2,1-3H3/t10-,14+/m0/s1. The van der Waals surface area contributed by atoms with Crippen molar-refractivity contribution in [1.82, 2.24) is 24.6 Å². The van der Waals surface area contributed by atoms with Gasteiger partial charge in [-0.1, -0.05) is 17.2 Å². The van der Waals surface area contributed by atoms with E-state index >= 15 is 0 Å². The molecule has 11 heteroatoms. The molecule has 3 aromatic heterocycles. The molecule has 0 aliphatic carbocycles. The minimum Gasteiger partial charge on any atom is -0.380 e. The van der Waals surface area contributed by atoms with Crippen LogP contribution in [-0.4, -0.2) is 52.8 Å². The molecule has 1 saturated heterocycles. The average Bonchev–Trinajstić information content (AvgIpc) is 3.38. The fourth-order valence-electron chi connectivity index (χ4n) is 3.27. The molecule has 0 amide bonds.